The van der Waals surface area contributed by atoms with Gasteiger partial charge in [-0.2, -0.15) is 0 Å². The molecule has 0 saturated heterocycles. The van der Waals surface area contributed by atoms with Gasteiger partial charge >= 0.3 is 0 Å². The first kappa shape index (κ1) is 13.4. The summed E-state index contributed by atoms with van der Waals surface area (Å²) in [6.07, 6.45) is -0.255. The van der Waals surface area contributed by atoms with E-state index in [4.69, 9.17) is 16.3 Å². The molecular weight excluding hydrogens is 300 g/mol. The summed E-state index contributed by atoms with van der Waals surface area (Å²) in [5.41, 5.74) is 4.02. The van der Waals surface area contributed by atoms with Crippen LogP contribution in [-0.4, -0.2) is 13.0 Å². The van der Waals surface area contributed by atoms with Gasteiger partial charge in [-0.3, -0.25) is 10.1 Å². The van der Waals surface area contributed by atoms with Gasteiger partial charge in [0.05, 0.1) is 5.57 Å². The van der Waals surface area contributed by atoms with Crippen LogP contribution in [0.25, 0.3) is 11.3 Å². The molecule has 5 heteroatoms. The lowest BCUT2D eigenvalue weighted by Gasteiger charge is -2.11. The Balaban J connectivity index is 1.97. The minimum absolute atomic E-state index is 0.168. The van der Waals surface area contributed by atoms with Crippen LogP contribution < -0.4 is 10.6 Å². The predicted octanol–water partition coefficient (Wildman–Crippen LogP) is 3.41. The molecule has 0 spiro atoms. The van der Waals surface area contributed by atoms with Gasteiger partial charge in [0.2, 0.25) is 0 Å². The van der Waals surface area contributed by atoms with Crippen LogP contribution in [0, 0.1) is 0 Å². The average Bonchev–Trinajstić information content (AvgIpc) is 3.04. The van der Waals surface area contributed by atoms with E-state index in [1.807, 2.05) is 31.3 Å². The zero-order chi connectivity index (χ0) is 15.3. The number of fused-ring (bicyclic) bond motifs is 2. The Hall–Kier alpha value is -2.30. The highest BCUT2D eigenvalue weighted by molar-refractivity contribution is 6.38. The van der Waals surface area contributed by atoms with Crippen molar-refractivity contribution in [2.45, 2.75) is 6.23 Å². The smallest absolute Gasteiger partial charge is 0.260 e. The molecule has 0 bridgehead atoms. The van der Waals surface area contributed by atoms with Gasteiger partial charge in [0, 0.05) is 27.4 Å². The molecule has 2 aliphatic heterocycles. The lowest BCUT2D eigenvalue weighted by atomic mass is 10.0. The number of amides is 1. The summed E-state index contributed by atoms with van der Waals surface area (Å²) in [7, 11) is 1.83. The third-order valence-electron chi connectivity index (χ3n) is 3.94. The first-order valence-electron chi connectivity index (χ1n) is 6.98. The fourth-order valence-electron chi connectivity index (χ4n) is 2.95. The molecule has 2 N–H and O–H groups in total. The van der Waals surface area contributed by atoms with E-state index >= 15 is 0 Å². The van der Waals surface area contributed by atoms with Gasteiger partial charge in [-0.1, -0.05) is 35.9 Å². The van der Waals surface area contributed by atoms with E-state index in [0.717, 1.165) is 22.4 Å². The van der Waals surface area contributed by atoms with Crippen molar-refractivity contribution in [1.82, 2.24) is 5.32 Å². The van der Waals surface area contributed by atoms with Crippen molar-refractivity contribution in [1.29, 1.82) is 0 Å². The molecule has 0 saturated carbocycles. The maximum Gasteiger partial charge on any atom is 0.260 e. The molecule has 2 aromatic rings. The lowest BCUT2D eigenvalue weighted by molar-refractivity contribution is -0.110. The molecular formula is C17H13ClN2O2. The van der Waals surface area contributed by atoms with Crippen molar-refractivity contribution in [3.63, 3.8) is 0 Å². The minimum atomic E-state index is -0.255. The van der Waals surface area contributed by atoms with Crippen LogP contribution in [0.1, 0.15) is 22.9 Å². The Labute approximate surface area is 132 Å². The zero-order valence-electron chi connectivity index (χ0n) is 11.8. The second-order valence-corrected chi connectivity index (χ2v) is 5.66. The molecule has 0 aromatic heterocycles. The van der Waals surface area contributed by atoms with Crippen LogP contribution in [0.2, 0.25) is 5.02 Å². The number of benzene rings is 2. The predicted molar refractivity (Wildman–Crippen MR) is 86.2 cm³/mol. The Bertz CT molecular complexity index is 829. The number of nitrogens with one attached hydrogen (secondary N) is 2. The average molecular weight is 313 g/mol. The topological polar surface area (TPSA) is 50.4 Å². The van der Waals surface area contributed by atoms with E-state index in [1.54, 1.807) is 18.2 Å². The van der Waals surface area contributed by atoms with Gasteiger partial charge in [-0.05, 0) is 25.2 Å². The van der Waals surface area contributed by atoms with E-state index < -0.39 is 0 Å². The summed E-state index contributed by atoms with van der Waals surface area (Å²) >= 11 is 6.08. The Morgan fingerprint density at radius 3 is 2.82 bits per heavy atom. The Morgan fingerprint density at radius 1 is 1.18 bits per heavy atom. The van der Waals surface area contributed by atoms with Gasteiger partial charge in [0.15, 0.2) is 6.23 Å². The van der Waals surface area contributed by atoms with Crippen molar-refractivity contribution in [2.24, 2.45) is 0 Å². The van der Waals surface area contributed by atoms with Crippen molar-refractivity contribution >= 4 is 34.5 Å². The van der Waals surface area contributed by atoms with Crippen molar-refractivity contribution < 1.29 is 9.53 Å². The summed E-state index contributed by atoms with van der Waals surface area (Å²) in [6, 6.07) is 13.2. The number of hydrogen-bond acceptors (Lipinski definition) is 3. The quantitative estimate of drug-likeness (QED) is 0.793. The third-order valence-corrected chi connectivity index (χ3v) is 4.17. The molecule has 2 heterocycles. The van der Waals surface area contributed by atoms with Crippen molar-refractivity contribution in [3.8, 4) is 0 Å². The summed E-state index contributed by atoms with van der Waals surface area (Å²) < 4.78 is 6.00. The summed E-state index contributed by atoms with van der Waals surface area (Å²) in [6.45, 7) is 0. The second-order valence-electron chi connectivity index (χ2n) is 5.22. The SMILES string of the molecule is CN[C@H]1OC(=C2C(=O)Nc3ccc(Cl)cc32)c2ccccc21. The van der Waals surface area contributed by atoms with Crippen LogP contribution in [0.5, 0.6) is 0 Å². The van der Waals surface area contributed by atoms with Gasteiger partial charge in [-0.25, -0.2) is 0 Å². The molecule has 0 fully saturated rings. The highest BCUT2D eigenvalue weighted by Crippen LogP contribution is 2.45. The molecule has 110 valence electrons. The second kappa shape index (κ2) is 4.87. The van der Waals surface area contributed by atoms with E-state index in [2.05, 4.69) is 10.6 Å². The minimum Gasteiger partial charge on any atom is -0.470 e. The highest BCUT2D eigenvalue weighted by atomic mass is 35.5. The van der Waals surface area contributed by atoms with Crippen molar-refractivity contribution in [3.05, 3.63) is 64.2 Å². The van der Waals surface area contributed by atoms with Crippen LogP contribution in [0.3, 0.4) is 0 Å². The fourth-order valence-corrected chi connectivity index (χ4v) is 3.12. The van der Waals surface area contributed by atoms with Gasteiger partial charge in [0.25, 0.3) is 5.91 Å². The lowest BCUT2D eigenvalue weighted by Crippen LogP contribution is -2.14. The number of carbonyl (C=O) groups excluding carboxylic acids is 1. The number of ether oxygens (including phenoxy) is 1. The molecule has 0 aliphatic carbocycles. The first-order valence-corrected chi connectivity index (χ1v) is 7.35. The van der Waals surface area contributed by atoms with E-state index in [1.165, 1.54) is 0 Å². The maximum atomic E-state index is 12.4. The number of halogens is 1. The number of carbonyl (C=O) groups is 1. The molecule has 1 amide bonds. The molecule has 1 atom stereocenters. The van der Waals surface area contributed by atoms with E-state index in [-0.39, 0.29) is 12.1 Å². The molecule has 0 radical (unpaired) electrons. The molecule has 2 aliphatic rings. The third kappa shape index (κ3) is 1.85. The van der Waals surface area contributed by atoms with Gasteiger partial charge < -0.3 is 10.1 Å². The van der Waals surface area contributed by atoms with Crippen LogP contribution >= 0.6 is 11.6 Å². The van der Waals surface area contributed by atoms with E-state index in [0.29, 0.717) is 16.4 Å². The standard InChI is InChI=1S/C17H13ClN2O2/c1-19-17-11-5-3-2-4-10(11)15(22-17)14-12-8-9(18)6-7-13(12)20-16(14)21/h2-8,17,19H,1H3,(H,20,21)/t17-/m0/s1. The molecule has 22 heavy (non-hydrogen) atoms. The molecule has 0 unspecified atom stereocenters. The Kier molecular flexibility index (Phi) is 2.96. The summed E-state index contributed by atoms with van der Waals surface area (Å²) in [5.74, 6) is 0.423. The molecule has 4 rings (SSSR count). The van der Waals surface area contributed by atoms with E-state index in [9.17, 15) is 4.79 Å². The molecule has 4 nitrogen and oxygen atoms in total. The zero-order valence-corrected chi connectivity index (χ0v) is 12.6. The van der Waals surface area contributed by atoms with Crippen molar-refractivity contribution in [2.75, 3.05) is 12.4 Å². The van der Waals surface area contributed by atoms with Crippen LogP contribution in [0.15, 0.2) is 42.5 Å². The summed E-state index contributed by atoms with van der Waals surface area (Å²) in [4.78, 5) is 12.4. The fraction of sp³-hybridized carbons (Fsp3) is 0.118. The monoisotopic (exact) mass is 312 g/mol. The molecule has 2 aromatic carbocycles. The number of rotatable bonds is 1. The van der Waals surface area contributed by atoms with Crippen LogP contribution in [0.4, 0.5) is 5.69 Å². The largest absolute Gasteiger partial charge is 0.470 e. The first-order chi connectivity index (χ1) is 10.7. The highest BCUT2D eigenvalue weighted by Gasteiger charge is 2.35. The number of hydrogen-bond donors (Lipinski definition) is 2. The number of anilines is 1. The van der Waals surface area contributed by atoms with Gasteiger partial charge in [0.1, 0.15) is 5.76 Å². The maximum absolute atomic E-state index is 12.4. The normalized spacial score (nSPS) is 22.1. The van der Waals surface area contributed by atoms with Crippen LogP contribution in [-0.2, 0) is 9.53 Å². The summed E-state index contributed by atoms with van der Waals surface area (Å²) in [5, 5.41) is 6.56. The Morgan fingerprint density at radius 2 is 2.00 bits per heavy atom. The van der Waals surface area contributed by atoms with Gasteiger partial charge in [-0.15, -0.1) is 0 Å².